The molecule has 1 heterocycles. The molecule has 0 aromatic rings. The molecule has 0 spiro atoms. The Hall–Kier alpha value is -0.110. The van der Waals surface area contributed by atoms with Crippen LogP contribution < -0.4 is 0 Å². The van der Waals surface area contributed by atoms with Crippen molar-refractivity contribution in [2.75, 3.05) is 6.54 Å². The standard InChI is InChI=1S/C30H59NS/c1-3-5-7-9-11-12-13-14-15-16-17-18-19-20-22-24-26-29-28-30(32)31(29)27-25-23-21-10-8-6-4-2/h29H,3-28H2,1-2H3. The Morgan fingerprint density at radius 3 is 1.25 bits per heavy atom. The third-order valence-electron chi connectivity index (χ3n) is 7.56. The Kier molecular flexibility index (Phi) is 21.2. The molecular formula is C30H59NS. The van der Waals surface area contributed by atoms with E-state index >= 15 is 0 Å². The Morgan fingerprint density at radius 1 is 0.531 bits per heavy atom. The number of hydrogen-bond acceptors (Lipinski definition) is 1. The van der Waals surface area contributed by atoms with Crippen LogP contribution in [0, 0.1) is 0 Å². The lowest BCUT2D eigenvalue weighted by Gasteiger charge is -2.43. The molecule has 0 aliphatic carbocycles. The molecule has 0 radical (unpaired) electrons. The zero-order chi connectivity index (χ0) is 23.1. The van der Waals surface area contributed by atoms with Crippen LogP contribution >= 0.6 is 12.2 Å². The van der Waals surface area contributed by atoms with Crippen molar-refractivity contribution in [2.45, 2.75) is 180 Å². The Labute approximate surface area is 208 Å². The zero-order valence-electron chi connectivity index (χ0n) is 22.3. The highest BCUT2D eigenvalue weighted by atomic mass is 32.1. The van der Waals surface area contributed by atoms with Gasteiger partial charge in [-0.25, -0.2) is 0 Å². The van der Waals surface area contributed by atoms with Gasteiger partial charge in [0, 0.05) is 19.0 Å². The monoisotopic (exact) mass is 465 g/mol. The molecule has 1 saturated heterocycles. The van der Waals surface area contributed by atoms with E-state index in [0.717, 1.165) is 6.04 Å². The van der Waals surface area contributed by atoms with Gasteiger partial charge in [-0.3, -0.25) is 0 Å². The summed E-state index contributed by atoms with van der Waals surface area (Å²) in [4.78, 5) is 3.81. The lowest BCUT2D eigenvalue weighted by Crippen LogP contribution is -2.51. The van der Waals surface area contributed by atoms with E-state index in [1.54, 1.807) is 0 Å². The molecular weight excluding hydrogens is 406 g/mol. The molecule has 2 heteroatoms. The molecule has 0 N–H and O–H groups in total. The predicted octanol–water partition coefficient (Wildman–Crippen LogP) is 10.8. The summed E-state index contributed by atoms with van der Waals surface area (Å²) in [5, 5.41) is 0. The highest BCUT2D eigenvalue weighted by molar-refractivity contribution is 7.80. The molecule has 1 unspecified atom stereocenters. The number of likely N-dealkylation sites (tertiary alicyclic amines) is 1. The number of unbranched alkanes of at least 4 members (excludes halogenated alkanes) is 21. The van der Waals surface area contributed by atoms with Gasteiger partial charge in [0.15, 0.2) is 0 Å². The van der Waals surface area contributed by atoms with Crippen LogP contribution in [-0.2, 0) is 0 Å². The highest BCUT2D eigenvalue weighted by Gasteiger charge is 2.30. The van der Waals surface area contributed by atoms with Crippen LogP contribution in [0.5, 0.6) is 0 Å². The summed E-state index contributed by atoms with van der Waals surface area (Å²) in [5.74, 6) is 0. The first-order valence-corrected chi connectivity index (χ1v) is 15.5. The highest BCUT2D eigenvalue weighted by Crippen LogP contribution is 2.26. The fourth-order valence-corrected chi connectivity index (χ4v) is 5.69. The van der Waals surface area contributed by atoms with Gasteiger partial charge in [0.05, 0.1) is 4.99 Å². The van der Waals surface area contributed by atoms with Gasteiger partial charge in [-0.15, -0.1) is 0 Å². The number of nitrogens with zero attached hydrogens (tertiary/aromatic N) is 1. The number of rotatable bonds is 25. The van der Waals surface area contributed by atoms with Gasteiger partial charge < -0.3 is 4.90 Å². The maximum absolute atomic E-state index is 5.56. The second-order valence-corrected chi connectivity index (χ2v) is 11.1. The van der Waals surface area contributed by atoms with Gasteiger partial charge in [0.25, 0.3) is 0 Å². The molecule has 1 aliphatic heterocycles. The topological polar surface area (TPSA) is 3.24 Å². The third kappa shape index (κ3) is 16.5. The minimum absolute atomic E-state index is 0.786. The van der Waals surface area contributed by atoms with Crippen molar-refractivity contribution in [3.8, 4) is 0 Å². The maximum atomic E-state index is 5.56. The molecule has 0 amide bonds. The van der Waals surface area contributed by atoms with Crippen molar-refractivity contribution in [3.63, 3.8) is 0 Å². The van der Waals surface area contributed by atoms with E-state index in [-0.39, 0.29) is 0 Å². The summed E-state index contributed by atoms with van der Waals surface area (Å²) in [6, 6.07) is 0.786. The van der Waals surface area contributed by atoms with Crippen LogP contribution in [-0.4, -0.2) is 22.5 Å². The first-order valence-electron chi connectivity index (χ1n) is 15.1. The van der Waals surface area contributed by atoms with Crippen LogP contribution in [0.2, 0.25) is 0 Å². The summed E-state index contributed by atoms with van der Waals surface area (Å²) in [7, 11) is 0. The second-order valence-electron chi connectivity index (χ2n) is 10.7. The van der Waals surface area contributed by atoms with Crippen LogP contribution in [0.3, 0.4) is 0 Å². The maximum Gasteiger partial charge on any atom is 0.0802 e. The number of thiocarbonyl (C=S) groups is 1. The van der Waals surface area contributed by atoms with Crippen molar-refractivity contribution in [1.29, 1.82) is 0 Å². The Bertz CT molecular complexity index is 408. The molecule has 1 atom stereocenters. The quantitative estimate of drug-likeness (QED) is 0.0973. The van der Waals surface area contributed by atoms with Crippen LogP contribution in [0.1, 0.15) is 174 Å². The number of hydrogen-bond donors (Lipinski definition) is 0. The van der Waals surface area contributed by atoms with E-state index in [9.17, 15) is 0 Å². The van der Waals surface area contributed by atoms with Crippen molar-refractivity contribution >= 4 is 17.2 Å². The minimum atomic E-state index is 0.786. The van der Waals surface area contributed by atoms with E-state index in [0.29, 0.717) is 0 Å². The fourth-order valence-electron chi connectivity index (χ4n) is 5.25. The largest absolute Gasteiger partial charge is 0.363 e. The van der Waals surface area contributed by atoms with Crippen molar-refractivity contribution < 1.29 is 0 Å². The molecule has 0 aromatic heterocycles. The van der Waals surface area contributed by atoms with Gasteiger partial charge >= 0.3 is 0 Å². The Balaban J connectivity index is 1.80. The average Bonchev–Trinajstić information content (AvgIpc) is 2.79. The average molecular weight is 466 g/mol. The van der Waals surface area contributed by atoms with Gasteiger partial charge in [0.1, 0.15) is 0 Å². The third-order valence-corrected chi connectivity index (χ3v) is 7.97. The molecule has 1 aliphatic rings. The summed E-state index contributed by atoms with van der Waals surface area (Å²) in [6.07, 6.45) is 35.7. The first kappa shape index (κ1) is 29.9. The summed E-state index contributed by atoms with van der Waals surface area (Å²) >= 11 is 5.56. The van der Waals surface area contributed by atoms with Gasteiger partial charge in [-0.2, -0.15) is 0 Å². The van der Waals surface area contributed by atoms with Crippen LogP contribution in [0.25, 0.3) is 0 Å². The lowest BCUT2D eigenvalue weighted by atomic mass is 9.95. The minimum Gasteiger partial charge on any atom is -0.363 e. The fraction of sp³-hybridized carbons (Fsp3) is 0.967. The molecule has 0 bridgehead atoms. The smallest absolute Gasteiger partial charge is 0.0802 e. The first-order chi connectivity index (χ1) is 15.8. The lowest BCUT2D eigenvalue weighted by molar-refractivity contribution is 0.231. The molecule has 1 nitrogen and oxygen atoms in total. The molecule has 0 aromatic carbocycles. The second kappa shape index (κ2) is 22.7. The summed E-state index contributed by atoms with van der Waals surface area (Å²) in [5.41, 5.74) is 0. The molecule has 190 valence electrons. The zero-order valence-corrected chi connectivity index (χ0v) is 23.1. The van der Waals surface area contributed by atoms with Crippen molar-refractivity contribution in [3.05, 3.63) is 0 Å². The van der Waals surface area contributed by atoms with Gasteiger partial charge in [0.2, 0.25) is 0 Å². The summed E-state index contributed by atoms with van der Waals surface area (Å²) in [6.45, 7) is 5.83. The molecule has 1 rings (SSSR count). The molecule has 1 fully saturated rings. The van der Waals surface area contributed by atoms with Gasteiger partial charge in [-0.05, 0) is 12.8 Å². The van der Waals surface area contributed by atoms with E-state index in [2.05, 4.69) is 18.7 Å². The van der Waals surface area contributed by atoms with E-state index < -0.39 is 0 Å². The van der Waals surface area contributed by atoms with Crippen LogP contribution in [0.15, 0.2) is 0 Å². The molecule has 0 saturated carbocycles. The predicted molar refractivity (Wildman–Crippen MR) is 150 cm³/mol. The molecule has 32 heavy (non-hydrogen) atoms. The van der Waals surface area contributed by atoms with E-state index in [1.165, 1.54) is 172 Å². The summed E-state index contributed by atoms with van der Waals surface area (Å²) < 4.78 is 0. The van der Waals surface area contributed by atoms with Crippen molar-refractivity contribution in [2.24, 2.45) is 0 Å². The normalized spacial score (nSPS) is 16.0. The SMILES string of the molecule is CCCCCCCCCCCCCCCCCCC1CC(=S)N1CCCCCCCCC. The van der Waals surface area contributed by atoms with E-state index in [1.807, 2.05) is 0 Å². The van der Waals surface area contributed by atoms with Crippen molar-refractivity contribution in [1.82, 2.24) is 4.90 Å². The Morgan fingerprint density at radius 2 is 0.875 bits per heavy atom. The van der Waals surface area contributed by atoms with Crippen LogP contribution in [0.4, 0.5) is 0 Å². The van der Waals surface area contributed by atoms with E-state index in [4.69, 9.17) is 12.2 Å². The van der Waals surface area contributed by atoms with Gasteiger partial charge in [-0.1, -0.05) is 167 Å².